The maximum Gasteiger partial charge on any atom is 0.123 e. The van der Waals surface area contributed by atoms with Crippen molar-refractivity contribution in [3.8, 4) is 0 Å². The lowest BCUT2D eigenvalue weighted by Crippen LogP contribution is -2.14. The lowest BCUT2D eigenvalue weighted by molar-refractivity contribution is 0.244. The molecule has 72 valence electrons. The molecule has 4 heteroatoms. The summed E-state index contributed by atoms with van der Waals surface area (Å²) in [6.45, 7) is 2.90. The van der Waals surface area contributed by atoms with E-state index in [1.807, 2.05) is 13.0 Å². The van der Waals surface area contributed by atoms with E-state index in [9.17, 15) is 0 Å². The van der Waals surface area contributed by atoms with Gasteiger partial charge < -0.3 is 16.2 Å². The number of pyridine rings is 1. The molecule has 0 amide bonds. The molecule has 1 atom stereocenters. The van der Waals surface area contributed by atoms with Crippen LogP contribution in [0.15, 0.2) is 18.3 Å². The number of anilines is 2. The van der Waals surface area contributed by atoms with E-state index in [2.05, 4.69) is 10.3 Å². The van der Waals surface area contributed by atoms with E-state index in [1.54, 1.807) is 12.3 Å². The van der Waals surface area contributed by atoms with E-state index in [4.69, 9.17) is 10.8 Å². The van der Waals surface area contributed by atoms with Crippen LogP contribution in [-0.2, 0) is 0 Å². The summed E-state index contributed by atoms with van der Waals surface area (Å²) < 4.78 is 0. The maximum absolute atomic E-state index is 8.78. The number of nitrogens with two attached hydrogens (primary N) is 1. The van der Waals surface area contributed by atoms with Gasteiger partial charge >= 0.3 is 0 Å². The zero-order valence-electron chi connectivity index (χ0n) is 7.70. The molecule has 1 aromatic heterocycles. The minimum Gasteiger partial charge on any atom is -0.396 e. The molecule has 1 rings (SSSR count). The topological polar surface area (TPSA) is 71.2 Å². The van der Waals surface area contributed by atoms with Crippen molar-refractivity contribution in [2.45, 2.75) is 6.92 Å². The van der Waals surface area contributed by atoms with Crippen molar-refractivity contribution < 1.29 is 5.11 Å². The summed E-state index contributed by atoms with van der Waals surface area (Å²) in [6, 6.07) is 3.61. The quantitative estimate of drug-likeness (QED) is 0.639. The number of nitrogen functional groups attached to an aromatic ring is 1. The van der Waals surface area contributed by atoms with Crippen LogP contribution in [0.25, 0.3) is 0 Å². The zero-order chi connectivity index (χ0) is 9.68. The number of nitrogens with zero attached hydrogens (tertiary/aromatic N) is 1. The van der Waals surface area contributed by atoms with Crippen molar-refractivity contribution in [1.29, 1.82) is 0 Å². The second-order valence-corrected chi connectivity index (χ2v) is 3.14. The van der Waals surface area contributed by atoms with Crippen LogP contribution < -0.4 is 11.1 Å². The minimum absolute atomic E-state index is 0.190. The molecule has 0 aromatic carbocycles. The van der Waals surface area contributed by atoms with Crippen molar-refractivity contribution >= 4 is 11.5 Å². The highest BCUT2D eigenvalue weighted by Crippen LogP contribution is 2.07. The fourth-order valence-electron chi connectivity index (χ4n) is 0.867. The van der Waals surface area contributed by atoms with Crippen LogP contribution in [0.1, 0.15) is 6.92 Å². The van der Waals surface area contributed by atoms with Crippen LogP contribution in [0.2, 0.25) is 0 Å². The highest BCUT2D eigenvalue weighted by molar-refractivity contribution is 5.45. The molecule has 1 heterocycles. The predicted molar refractivity (Wildman–Crippen MR) is 53.4 cm³/mol. The monoisotopic (exact) mass is 181 g/mol. The van der Waals surface area contributed by atoms with Crippen molar-refractivity contribution in [1.82, 2.24) is 4.98 Å². The van der Waals surface area contributed by atoms with Crippen molar-refractivity contribution in [2.24, 2.45) is 5.92 Å². The van der Waals surface area contributed by atoms with Crippen LogP contribution >= 0.6 is 0 Å². The molecule has 4 N–H and O–H groups in total. The molecular formula is C9H15N3O. The van der Waals surface area contributed by atoms with Crippen LogP contribution in [0.4, 0.5) is 11.5 Å². The van der Waals surface area contributed by atoms with Crippen molar-refractivity contribution in [3.05, 3.63) is 18.3 Å². The SMILES string of the molecule is CC(CO)CNc1ccc(N)nc1. The Morgan fingerprint density at radius 1 is 1.62 bits per heavy atom. The Morgan fingerprint density at radius 2 is 2.38 bits per heavy atom. The molecule has 1 aromatic rings. The first-order chi connectivity index (χ1) is 6.22. The highest BCUT2D eigenvalue weighted by atomic mass is 16.3. The average Bonchev–Trinajstić information content (AvgIpc) is 2.16. The van der Waals surface area contributed by atoms with E-state index in [0.717, 1.165) is 12.2 Å². The van der Waals surface area contributed by atoms with Crippen LogP contribution in [-0.4, -0.2) is 23.2 Å². The standard InChI is InChI=1S/C9H15N3O/c1-7(6-13)4-11-8-2-3-9(10)12-5-8/h2-3,5,7,11,13H,4,6H2,1H3,(H2,10,12). The Bertz CT molecular complexity index is 248. The lowest BCUT2D eigenvalue weighted by atomic mass is 10.2. The lowest BCUT2D eigenvalue weighted by Gasteiger charge is -2.10. The number of nitrogens with one attached hydrogen (secondary N) is 1. The van der Waals surface area contributed by atoms with Gasteiger partial charge in [-0.3, -0.25) is 0 Å². The van der Waals surface area contributed by atoms with Crippen LogP contribution in [0, 0.1) is 5.92 Å². The summed E-state index contributed by atoms with van der Waals surface area (Å²) >= 11 is 0. The predicted octanol–water partition coefficient (Wildman–Crippen LogP) is 0.704. The van der Waals surface area contributed by atoms with E-state index in [-0.39, 0.29) is 12.5 Å². The third-order valence-corrected chi connectivity index (χ3v) is 1.75. The minimum atomic E-state index is 0.190. The fourth-order valence-corrected chi connectivity index (χ4v) is 0.867. The number of hydrogen-bond acceptors (Lipinski definition) is 4. The Morgan fingerprint density at radius 3 is 2.92 bits per heavy atom. The van der Waals surface area contributed by atoms with E-state index >= 15 is 0 Å². The summed E-state index contributed by atoms with van der Waals surface area (Å²) in [5.41, 5.74) is 6.36. The van der Waals surface area contributed by atoms with Gasteiger partial charge in [0.05, 0.1) is 11.9 Å². The number of hydrogen-bond donors (Lipinski definition) is 3. The molecule has 0 aliphatic heterocycles. The van der Waals surface area contributed by atoms with Gasteiger partial charge in [-0.2, -0.15) is 0 Å². The first-order valence-corrected chi connectivity index (χ1v) is 4.28. The zero-order valence-corrected chi connectivity index (χ0v) is 7.70. The molecule has 0 spiro atoms. The van der Waals surface area contributed by atoms with Gasteiger partial charge in [0.2, 0.25) is 0 Å². The molecule has 0 fully saturated rings. The molecule has 0 saturated heterocycles. The molecular weight excluding hydrogens is 166 g/mol. The summed E-state index contributed by atoms with van der Waals surface area (Å²) in [6.07, 6.45) is 1.68. The molecule has 4 nitrogen and oxygen atoms in total. The van der Waals surface area contributed by atoms with Gasteiger partial charge in [-0.05, 0) is 18.1 Å². The Hall–Kier alpha value is -1.29. The van der Waals surface area contributed by atoms with Gasteiger partial charge in [-0.15, -0.1) is 0 Å². The van der Waals surface area contributed by atoms with Gasteiger partial charge in [-0.1, -0.05) is 6.92 Å². The molecule has 13 heavy (non-hydrogen) atoms. The third kappa shape index (κ3) is 3.29. The van der Waals surface area contributed by atoms with E-state index in [0.29, 0.717) is 5.82 Å². The summed E-state index contributed by atoms with van der Waals surface area (Å²) in [5, 5.41) is 11.9. The second-order valence-electron chi connectivity index (χ2n) is 3.14. The number of aromatic nitrogens is 1. The molecule has 0 radical (unpaired) electrons. The Labute approximate surface area is 77.8 Å². The smallest absolute Gasteiger partial charge is 0.123 e. The highest BCUT2D eigenvalue weighted by Gasteiger charge is 1.99. The fraction of sp³-hybridized carbons (Fsp3) is 0.444. The summed E-state index contributed by atoms with van der Waals surface area (Å²) in [5.74, 6) is 0.762. The van der Waals surface area contributed by atoms with Gasteiger partial charge in [0.15, 0.2) is 0 Å². The average molecular weight is 181 g/mol. The van der Waals surface area contributed by atoms with Crippen LogP contribution in [0.3, 0.4) is 0 Å². The van der Waals surface area contributed by atoms with Crippen molar-refractivity contribution in [3.63, 3.8) is 0 Å². The van der Waals surface area contributed by atoms with Crippen molar-refractivity contribution in [2.75, 3.05) is 24.2 Å². The third-order valence-electron chi connectivity index (χ3n) is 1.75. The van der Waals surface area contributed by atoms with Gasteiger partial charge in [0.25, 0.3) is 0 Å². The van der Waals surface area contributed by atoms with Crippen LogP contribution in [0.5, 0.6) is 0 Å². The Balaban J connectivity index is 2.41. The van der Waals surface area contributed by atoms with Gasteiger partial charge in [0, 0.05) is 13.2 Å². The molecule has 0 aliphatic rings. The molecule has 0 bridgehead atoms. The number of rotatable bonds is 4. The second kappa shape index (κ2) is 4.67. The van der Waals surface area contributed by atoms with Gasteiger partial charge in [-0.25, -0.2) is 4.98 Å². The molecule has 0 saturated carbocycles. The summed E-state index contributed by atoms with van der Waals surface area (Å²) in [7, 11) is 0. The first-order valence-electron chi connectivity index (χ1n) is 4.28. The normalized spacial score (nSPS) is 12.5. The maximum atomic E-state index is 8.78. The van der Waals surface area contributed by atoms with E-state index < -0.39 is 0 Å². The Kier molecular flexibility index (Phi) is 3.52. The van der Waals surface area contributed by atoms with Gasteiger partial charge in [0.1, 0.15) is 5.82 Å². The molecule has 1 unspecified atom stereocenters. The number of aliphatic hydroxyl groups excluding tert-OH is 1. The largest absolute Gasteiger partial charge is 0.396 e. The molecule has 0 aliphatic carbocycles. The first kappa shape index (κ1) is 9.80. The number of aliphatic hydroxyl groups is 1. The summed E-state index contributed by atoms with van der Waals surface area (Å²) in [4.78, 5) is 3.94. The van der Waals surface area contributed by atoms with E-state index in [1.165, 1.54) is 0 Å².